The van der Waals surface area contributed by atoms with E-state index in [1.807, 2.05) is 0 Å². The molecule has 2 aliphatic carbocycles. The molecular formula is C37H50N6O9S. The summed E-state index contributed by atoms with van der Waals surface area (Å²) in [6.07, 6.45) is 2.42. The molecule has 0 radical (unpaired) electrons. The van der Waals surface area contributed by atoms with Crippen molar-refractivity contribution in [2.24, 2.45) is 11.3 Å². The van der Waals surface area contributed by atoms with Crippen molar-refractivity contribution in [2.45, 2.75) is 102 Å². The van der Waals surface area contributed by atoms with Crippen molar-refractivity contribution in [2.75, 3.05) is 20.6 Å². The quantitative estimate of drug-likeness (QED) is 0.288. The third-order valence-electron chi connectivity index (χ3n) is 9.53. The predicted molar refractivity (Wildman–Crippen MR) is 196 cm³/mol. The van der Waals surface area contributed by atoms with Crippen molar-refractivity contribution < 1.29 is 41.9 Å². The number of hydrogen-bond acceptors (Lipinski definition) is 10. The molecule has 2 aromatic rings. The van der Waals surface area contributed by atoms with Gasteiger partial charge in [0.25, 0.3) is 11.8 Å². The lowest BCUT2D eigenvalue weighted by atomic mass is 9.85. The molecule has 0 bridgehead atoms. The zero-order valence-corrected chi connectivity index (χ0v) is 32.3. The number of alkyl carbamates (subject to hydrolysis) is 1. The monoisotopic (exact) mass is 754 g/mol. The smallest absolute Gasteiger partial charge is 0.408 e. The van der Waals surface area contributed by atoms with Gasteiger partial charge in [-0.15, -0.1) is 6.58 Å². The van der Waals surface area contributed by atoms with Gasteiger partial charge in [-0.25, -0.2) is 18.2 Å². The Hall–Kier alpha value is -4.73. The first kappa shape index (κ1) is 39.5. The maximum absolute atomic E-state index is 14.5. The molecule has 1 aromatic heterocycles. The zero-order chi connectivity index (χ0) is 39.3. The molecule has 5 atom stereocenters. The van der Waals surface area contributed by atoms with E-state index in [9.17, 15) is 32.4 Å². The van der Waals surface area contributed by atoms with Gasteiger partial charge in [0.05, 0.1) is 11.8 Å². The minimum absolute atomic E-state index is 0.0209. The maximum Gasteiger partial charge on any atom is 0.408 e. The molecule has 5 rings (SSSR count). The average Bonchev–Trinajstić information content (AvgIpc) is 3.98. The van der Waals surface area contributed by atoms with Crippen LogP contribution in [-0.2, 0) is 29.1 Å². The van der Waals surface area contributed by atoms with Crippen LogP contribution in [0.25, 0.3) is 10.8 Å². The first-order valence-electron chi connectivity index (χ1n) is 17.6. The Morgan fingerprint density at radius 3 is 2.32 bits per heavy atom. The molecule has 53 heavy (non-hydrogen) atoms. The van der Waals surface area contributed by atoms with Gasteiger partial charge in [-0.1, -0.05) is 26.8 Å². The molecule has 3 N–H and O–H groups in total. The predicted octanol–water partition coefficient (Wildman–Crippen LogP) is 2.89. The third kappa shape index (κ3) is 8.74. The fourth-order valence-corrected chi connectivity index (χ4v) is 7.79. The van der Waals surface area contributed by atoms with Crippen molar-refractivity contribution in [1.82, 2.24) is 30.1 Å². The molecular weight excluding hydrogens is 705 g/mol. The maximum atomic E-state index is 14.5. The van der Waals surface area contributed by atoms with E-state index in [-0.39, 0.29) is 31.2 Å². The molecule has 3 aliphatic rings. The fraction of sp³-hybridized carbons (Fsp3) is 0.568. The Morgan fingerprint density at radius 2 is 1.75 bits per heavy atom. The average molecular weight is 755 g/mol. The number of ether oxygens (including phenoxy) is 2. The highest BCUT2D eigenvalue weighted by molar-refractivity contribution is 7.91. The Morgan fingerprint density at radius 1 is 1.08 bits per heavy atom. The van der Waals surface area contributed by atoms with Gasteiger partial charge in [-0.3, -0.25) is 23.9 Å². The molecule has 16 heteroatoms. The molecule has 0 unspecified atom stereocenters. The molecule has 288 valence electrons. The number of nitrogens with zero attached hydrogens (tertiary/aromatic N) is 3. The Balaban J connectivity index is 1.45. The lowest BCUT2D eigenvalue weighted by Crippen LogP contribution is -2.60. The first-order chi connectivity index (χ1) is 24.6. The number of likely N-dealkylation sites (tertiary alicyclic amines) is 1. The zero-order valence-electron chi connectivity index (χ0n) is 31.5. The van der Waals surface area contributed by atoms with Gasteiger partial charge < -0.3 is 29.9 Å². The second kappa shape index (κ2) is 14.3. The van der Waals surface area contributed by atoms with Crippen LogP contribution < -0.4 is 20.1 Å². The highest BCUT2D eigenvalue weighted by Gasteiger charge is 2.62. The van der Waals surface area contributed by atoms with Crippen molar-refractivity contribution in [3.05, 3.63) is 48.7 Å². The van der Waals surface area contributed by atoms with Crippen LogP contribution in [0, 0.1) is 11.3 Å². The fourth-order valence-electron chi connectivity index (χ4n) is 6.43. The number of hydrogen-bond donors (Lipinski definition) is 3. The van der Waals surface area contributed by atoms with Gasteiger partial charge in [-0.2, -0.15) is 0 Å². The van der Waals surface area contributed by atoms with Crippen LogP contribution in [0.5, 0.6) is 5.88 Å². The van der Waals surface area contributed by atoms with Gasteiger partial charge >= 0.3 is 6.09 Å². The number of benzene rings is 1. The summed E-state index contributed by atoms with van der Waals surface area (Å²) >= 11 is 0. The van der Waals surface area contributed by atoms with Gasteiger partial charge in [-0.05, 0) is 75.1 Å². The summed E-state index contributed by atoms with van der Waals surface area (Å²) in [5, 5.41) is 6.09. The highest BCUT2D eigenvalue weighted by atomic mass is 32.2. The normalized spacial score (nSPS) is 23.4. The van der Waals surface area contributed by atoms with E-state index >= 15 is 0 Å². The van der Waals surface area contributed by atoms with Crippen LogP contribution in [0.4, 0.5) is 4.79 Å². The molecule has 1 saturated heterocycles. The van der Waals surface area contributed by atoms with E-state index in [1.165, 1.54) is 22.1 Å². The summed E-state index contributed by atoms with van der Waals surface area (Å²) in [4.78, 5) is 74.9. The van der Waals surface area contributed by atoms with E-state index < -0.39 is 79.7 Å². The van der Waals surface area contributed by atoms with Crippen LogP contribution in [0.2, 0.25) is 0 Å². The van der Waals surface area contributed by atoms with Crippen LogP contribution in [0.3, 0.4) is 0 Å². The van der Waals surface area contributed by atoms with Crippen LogP contribution in [0.15, 0.2) is 43.1 Å². The standard InChI is InChI=1S/C37H50N6O9S/c1-10-23-19-37(23,33(47)41-53(49,50)25-12-13-25)40-29(44)27-18-24(20-43(27)32(46)28(35(2,3)4)39-34(48)52-36(5,6)7)51-30-26-14-11-22(31(45)42(8)9)17-21(26)15-16-38-30/h10-11,14-17,23-25,27-28H,1,12-13,18-20H2,2-9H3,(H,39,48)(H,40,44)(H,41,47)/t23-,24-,27+,28-,37-/m1/s1. The minimum atomic E-state index is -3.92. The summed E-state index contributed by atoms with van der Waals surface area (Å²) in [5.41, 5.74) is -2.79. The largest absolute Gasteiger partial charge is 0.472 e. The summed E-state index contributed by atoms with van der Waals surface area (Å²) in [5.74, 6) is -2.65. The first-order valence-corrected chi connectivity index (χ1v) is 19.2. The van der Waals surface area contributed by atoms with Gasteiger partial charge in [0.2, 0.25) is 27.7 Å². The van der Waals surface area contributed by atoms with Crippen LogP contribution in [0.1, 0.15) is 77.6 Å². The van der Waals surface area contributed by atoms with E-state index in [1.54, 1.807) is 79.9 Å². The Labute approximate surface area is 310 Å². The molecule has 15 nitrogen and oxygen atoms in total. The lowest BCUT2D eigenvalue weighted by Gasteiger charge is -2.36. The number of sulfonamides is 1. The number of amides is 5. The number of carbonyl (C=O) groups excluding carboxylic acids is 5. The Kier molecular flexibility index (Phi) is 10.6. The van der Waals surface area contributed by atoms with Gasteiger partial charge in [0, 0.05) is 43.6 Å². The van der Waals surface area contributed by atoms with Crippen molar-refractivity contribution in [1.29, 1.82) is 0 Å². The number of nitrogens with one attached hydrogen (secondary N) is 3. The molecule has 2 saturated carbocycles. The number of aromatic nitrogens is 1. The van der Waals surface area contributed by atoms with Crippen LogP contribution >= 0.6 is 0 Å². The second-order valence-electron chi connectivity index (χ2n) is 16.4. The molecule has 2 heterocycles. The van der Waals surface area contributed by atoms with Crippen molar-refractivity contribution >= 4 is 50.5 Å². The summed E-state index contributed by atoms with van der Waals surface area (Å²) in [7, 11) is -0.599. The summed E-state index contributed by atoms with van der Waals surface area (Å²) < 4.78 is 39.3. The molecule has 3 fully saturated rings. The number of carbonyl (C=O) groups is 5. The SMILES string of the molecule is C=C[C@@H]1C[C@]1(NC(=O)[C@@H]1C[C@@H](Oc2nccc3cc(C(=O)N(C)C)ccc23)CN1C(=O)[C@@H](NC(=O)OC(C)(C)C)C(C)(C)C)C(=O)NS(=O)(=O)C1CC1. The molecule has 1 aliphatic heterocycles. The number of fused-ring (bicyclic) bond motifs is 1. The van der Waals surface area contributed by atoms with Gasteiger partial charge in [0.15, 0.2) is 0 Å². The Bertz CT molecular complexity index is 1930. The lowest BCUT2D eigenvalue weighted by molar-refractivity contribution is -0.143. The summed E-state index contributed by atoms with van der Waals surface area (Å²) in [6, 6.07) is 4.52. The second-order valence-corrected chi connectivity index (χ2v) is 18.3. The molecule has 0 spiro atoms. The summed E-state index contributed by atoms with van der Waals surface area (Å²) in [6.45, 7) is 14.0. The van der Waals surface area contributed by atoms with E-state index in [0.717, 1.165) is 0 Å². The highest BCUT2D eigenvalue weighted by Crippen LogP contribution is 2.45. The number of rotatable bonds is 11. The minimum Gasteiger partial charge on any atom is -0.472 e. The van der Waals surface area contributed by atoms with Gasteiger partial charge in [0.1, 0.15) is 29.3 Å². The molecule has 1 aromatic carbocycles. The van der Waals surface area contributed by atoms with E-state index in [2.05, 4.69) is 26.9 Å². The number of pyridine rings is 1. The van der Waals surface area contributed by atoms with Crippen molar-refractivity contribution in [3.63, 3.8) is 0 Å². The van der Waals surface area contributed by atoms with Crippen LogP contribution in [-0.4, -0.2) is 108 Å². The third-order valence-corrected chi connectivity index (χ3v) is 11.3. The molecule has 5 amide bonds. The van der Waals surface area contributed by atoms with Crippen molar-refractivity contribution in [3.8, 4) is 5.88 Å². The van der Waals surface area contributed by atoms with E-state index in [0.29, 0.717) is 29.2 Å². The van der Waals surface area contributed by atoms with E-state index in [4.69, 9.17) is 9.47 Å². The topological polar surface area (TPSA) is 193 Å².